The quantitative estimate of drug-likeness (QED) is 0.608. The van der Waals surface area contributed by atoms with Crippen LogP contribution in [0.25, 0.3) is 0 Å². The van der Waals surface area contributed by atoms with Gasteiger partial charge in [-0.2, -0.15) is 0 Å². The van der Waals surface area contributed by atoms with Gasteiger partial charge in [-0.15, -0.1) is 0 Å². The van der Waals surface area contributed by atoms with E-state index in [-0.39, 0.29) is 22.5 Å². The minimum Gasteiger partial charge on any atom is -0.477 e. The molecule has 0 unspecified atom stereocenters. The molecule has 1 rings (SSSR count). The van der Waals surface area contributed by atoms with Gasteiger partial charge in [0.05, 0.1) is 4.92 Å². The predicted octanol–water partition coefficient (Wildman–Crippen LogP) is 3.28. The third kappa shape index (κ3) is 3.21. The number of nitrogens with one attached hydrogen (secondary N) is 1. The van der Waals surface area contributed by atoms with Gasteiger partial charge in [-0.05, 0) is 31.9 Å². The maximum atomic E-state index is 11.1. The number of carbonyl (C=O) groups is 1. The number of hydrogen-bond donors (Lipinski definition) is 2. The van der Waals surface area contributed by atoms with Crippen molar-refractivity contribution in [2.24, 2.45) is 0 Å². The molecule has 0 bridgehead atoms. The van der Waals surface area contributed by atoms with Crippen molar-refractivity contribution in [3.8, 4) is 0 Å². The Kier molecular flexibility index (Phi) is 4.47. The third-order valence-corrected chi connectivity index (χ3v) is 3.45. The molecule has 0 aliphatic rings. The second-order valence-electron chi connectivity index (χ2n) is 4.66. The van der Waals surface area contributed by atoms with Gasteiger partial charge < -0.3 is 10.4 Å². The van der Waals surface area contributed by atoms with E-state index in [1.54, 1.807) is 0 Å². The summed E-state index contributed by atoms with van der Waals surface area (Å²) >= 11 is 0. The molecule has 6 heteroatoms. The van der Waals surface area contributed by atoms with Crippen molar-refractivity contribution in [1.82, 2.24) is 0 Å². The number of anilines is 1. The minimum absolute atomic E-state index is 0.246. The first-order valence-electron chi connectivity index (χ1n) is 6.13. The molecular weight excluding hydrogens is 248 g/mol. The summed E-state index contributed by atoms with van der Waals surface area (Å²) in [6.45, 7) is 5.90. The Morgan fingerprint density at radius 1 is 1.42 bits per heavy atom. The average Bonchev–Trinajstić information content (AvgIpc) is 2.37. The van der Waals surface area contributed by atoms with Gasteiger partial charge in [0.1, 0.15) is 11.3 Å². The highest BCUT2D eigenvalue weighted by Crippen LogP contribution is 2.32. The Balaban J connectivity index is 3.32. The summed E-state index contributed by atoms with van der Waals surface area (Å²) in [7, 11) is 0. The highest BCUT2D eigenvalue weighted by atomic mass is 16.6. The molecule has 1 aromatic carbocycles. The van der Waals surface area contributed by atoms with Gasteiger partial charge in [-0.1, -0.05) is 19.9 Å². The van der Waals surface area contributed by atoms with Crippen LogP contribution in [0.3, 0.4) is 0 Å². The van der Waals surface area contributed by atoms with E-state index in [2.05, 4.69) is 5.32 Å². The molecule has 104 valence electrons. The molecule has 0 aromatic heterocycles. The molecule has 0 saturated carbocycles. The Morgan fingerprint density at radius 2 is 2.00 bits per heavy atom. The summed E-state index contributed by atoms with van der Waals surface area (Å²) in [4.78, 5) is 21.5. The number of carboxylic acid groups (broad SMARTS) is 1. The van der Waals surface area contributed by atoms with Crippen LogP contribution in [-0.2, 0) is 0 Å². The summed E-state index contributed by atoms with van der Waals surface area (Å²) in [5.74, 6) is -1.30. The monoisotopic (exact) mass is 266 g/mol. The topological polar surface area (TPSA) is 92.5 Å². The lowest BCUT2D eigenvalue weighted by Crippen LogP contribution is -2.33. The van der Waals surface area contributed by atoms with Gasteiger partial charge in [0.15, 0.2) is 0 Å². The maximum Gasteiger partial charge on any atom is 0.342 e. The van der Waals surface area contributed by atoms with Gasteiger partial charge in [-0.25, -0.2) is 4.79 Å². The van der Waals surface area contributed by atoms with E-state index >= 15 is 0 Å². The first-order valence-corrected chi connectivity index (χ1v) is 6.13. The normalized spacial score (nSPS) is 11.1. The Bertz CT molecular complexity index is 495. The zero-order valence-electron chi connectivity index (χ0n) is 11.3. The number of nitrogens with zero attached hydrogens (tertiary/aromatic N) is 1. The number of hydrogen-bond acceptors (Lipinski definition) is 4. The molecule has 2 N–H and O–H groups in total. The summed E-state index contributed by atoms with van der Waals surface area (Å²) in [5, 5.41) is 23.2. The first kappa shape index (κ1) is 14.9. The minimum atomic E-state index is -1.30. The number of nitro benzene ring substituents is 1. The van der Waals surface area contributed by atoms with Crippen molar-refractivity contribution in [3.63, 3.8) is 0 Å². The van der Waals surface area contributed by atoms with Crippen molar-refractivity contribution in [2.75, 3.05) is 5.32 Å². The van der Waals surface area contributed by atoms with Crippen molar-refractivity contribution in [3.05, 3.63) is 33.9 Å². The van der Waals surface area contributed by atoms with E-state index in [1.165, 1.54) is 18.2 Å². The van der Waals surface area contributed by atoms with Crippen LogP contribution < -0.4 is 5.32 Å². The summed E-state index contributed by atoms with van der Waals surface area (Å²) in [5.41, 5.74) is -0.745. The molecule has 0 amide bonds. The fourth-order valence-electron chi connectivity index (χ4n) is 1.77. The molecule has 0 fully saturated rings. The van der Waals surface area contributed by atoms with Crippen molar-refractivity contribution in [2.45, 2.75) is 39.2 Å². The van der Waals surface area contributed by atoms with E-state index in [0.29, 0.717) is 0 Å². The Hall–Kier alpha value is -2.11. The fourth-order valence-corrected chi connectivity index (χ4v) is 1.77. The molecule has 0 atom stereocenters. The van der Waals surface area contributed by atoms with Gasteiger partial charge in [0.2, 0.25) is 0 Å². The van der Waals surface area contributed by atoms with E-state index in [1.807, 2.05) is 20.8 Å². The van der Waals surface area contributed by atoms with Crippen LogP contribution in [0.1, 0.15) is 44.0 Å². The Labute approximate surface area is 111 Å². The molecule has 0 aliphatic carbocycles. The van der Waals surface area contributed by atoms with E-state index < -0.39 is 10.9 Å². The Morgan fingerprint density at radius 3 is 2.42 bits per heavy atom. The zero-order chi connectivity index (χ0) is 14.6. The van der Waals surface area contributed by atoms with E-state index in [0.717, 1.165) is 12.8 Å². The molecule has 0 aliphatic heterocycles. The lowest BCUT2D eigenvalue weighted by atomic mass is 9.94. The molecule has 1 aromatic rings. The summed E-state index contributed by atoms with van der Waals surface area (Å²) in [6.07, 6.45) is 1.55. The van der Waals surface area contributed by atoms with Crippen LogP contribution in [0.2, 0.25) is 0 Å². The molecule has 0 radical (unpaired) electrons. The number of nitro groups is 1. The fraction of sp³-hybridized carbons (Fsp3) is 0.462. The second kappa shape index (κ2) is 5.69. The highest BCUT2D eigenvalue weighted by Gasteiger charge is 2.28. The number of aromatic carboxylic acids is 1. The second-order valence-corrected chi connectivity index (χ2v) is 4.66. The molecule has 0 saturated heterocycles. The van der Waals surface area contributed by atoms with Gasteiger partial charge >= 0.3 is 11.7 Å². The molecular formula is C13H18N2O4. The summed E-state index contributed by atoms with van der Waals surface area (Å²) < 4.78 is 0. The standard InChI is InChI=1S/C13H18N2O4/c1-4-13(3,5-2)14-10-8-6-7-9(12(16)17)11(10)15(18)19/h6-8,14H,4-5H2,1-3H3,(H,16,17). The highest BCUT2D eigenvalue weighted by molar-refractivity contribution is 5.95. The van der Waals surface area contributed by atoms with Crippen molar-refractivity contribution < 1.29 is 14.8 Å². The van der Waals surface area contributed by atoms with Crippen molar-refractivity contribution >= 4 is 17.3 Å². The van der Waals surface area contributed by atoms with Crippen LogP contribution in [0.15, 0.2) is 18.2 Å². The van der Waals surface area contributed by atoms with Gasteiger partial charge in [0.25, 0.3) is 0 Å². The largest absolute Gasteiger partial charge is 0.477 e. The van der Waals surface area contributed by atoms with Crippen LogP contribution in [0.4, 0.5) is 11.4 Å². The third-order valence-electron chi connectivity index (χ3n) is 3.45. The number of para-hydroxylation sites is 1. The molecule has 19 heavy (non-hydrogen) atoms. The lowest BCUT2D eigenvalue weighted by molar-refractivity contribution is -0.384. The number of carboxylic acids is 1. The predicted molar refractivity (Wildman–Crippen MR) is 72.7 cm³/mol. The van der Waals surface area contributed by atoms with Gasteiger partial charge in [0, 0.05) is 5.54 Å². The molecule has 6 nitrogen and oxygen atoms in total. The lowest BCUT2D eigenvalue weighted by Gasteiger charge is -2.29. The SMILES string of the molecule is CCC(C)(CC)Nc1cccc(C(=O)O)c1[N+](=O)[O-]. The first-order chi connectivity index (χ1) is 8.84. The maximum absolute atomic E-state index is 11.1. The van der Waals surface area contributed by atoms with Crippen LogP contribution in [-0.4, -0.2) is 21.5 Å². The van der Waals surface area contributed by atoms with E-state index in [9.17, 15) is 14.9 Å². The molecule has 0 spiro atoms. The molecule has 0 heterocycles. The average molecular weight is 266 g/mol. The zero-order valence-corrected chi connectivity index (χ0v) is 11.3. The van der Waals surface area contributed by atoms with Crippen LogP contribution >= 0.6 is 0 Å². The van der Waals surface area contributed by atoms with E-state index in [4.69, 9.17) is 5.11 Å². The smallest absolute Gasteiger partial charge is 0.342 e. The van der Waals surface area contributed by atoms with Gasteiger partial charge in [-0.3, -0.25) is 10.1 Å². The van der Waals surface area contributed by atoms with Crippen LogP contribution in [0, 0.1) is 10.1 Å². The number of rotatable bonds is 6. The summed E-state index contributed by atoms with van der Waals surface area (Å²) in [6, 6.07) is 4.28. The van der Waals surface area contributed by atoms with Crippen molar-refractivity contribution in [1.29, 1.82) is 0 Å². The number of benzene rings is 1. The van der Waals surface area contributed by atoms with Crippen LogP contribution in [0.5, 0.6) is 0 Å².